The number of hydrogen-bond donors (Lipinski definition) is 1. The molecule has 1 aliphatic heterocycles. The van der Waals surface area contributed by atoms with E-state index in [2.05, 4.69) is 22.6 Å². The summed E-state index contributed by atoms with van der Waals surface area (Å²) in [5.41, 5.74) is 0.929. The van der Waals surface area contributed by atoms with Crippen LogP contribution < -0.4 is 4.74 Å². The minimum Gasteiger partial charge on any atom is -0.486 e. The second-order valence-corrected chi connectivity index (χ2v) is 4.33. The molecule has 1 heterocycles. The van der Waals surface area contributed by atoms with Gasteiger partial charge in [0.2, 0.25) is 0 Å². The highest BCUT2D eigenvalue weighted by Crippen LogP contribution is 2.40. The van der Waals surface area contributed by atoms with Crippen molar-refractivity contribution < 1.29 is 9.84 Å². The van der Waals surface area contributed by atoms with Gasteiger partial charge in [-0.3, -0.25) is 0 Å². The summed E-state index contributed by atoms with van der Waals surface area (Å²) >= 11 is 2.23. The number of benzene rings is 1. The Morgan fingerprint density at radius 1 is 1.54 bits per heavy atom. The smallest absolute Gasteiger partial charge is 0.139 e. The predicted octanol–water partition coefficient (Wildman–Crippen LogP) is 2.50. The summed E-state index contributed by atoms with van der Waals surface area (Å²) in [6.07, 6.45) is 0.326. The Balaban J connectivity index is 2.43. The van der Waals surface area contributed by atoms with E-state index in [1.54, 1.807) is 0 Å². The van der Waals surface area contributed by atoms with Crippen LogP contribution in [0, 0.1) is 3.57 Å². The third-order valence-electron chi connectivity index (χ3n) is 2.34. The van der Waals surface area contributed by atoms with Gasteiger partial charge in [-0.1, -0.05) is 19.1 Å². The van der Waals surface area contributed by atoms with E-state index in [0.29, 0.717) is 0 Å². The topological polar surface area (TPSA) is 29.5 Å². The molecular weight excluding hydrogens is 279 g/mol. The van der Waals surface area contributed by atoms with Gasteiger partial charge in [-0.05, 0) is 35.1 Å². The lowest BCUT2D eigenvalue weighted by atomic mass is 10.1. The van der Waals surface area contributed by atoms with Gasteiger partial charge in [-0.2, -0.15) is 0 Å². The van der Waals surface area contributed by atoms with Crippen molar-refractivity contribution in [2.24, 2.45) is 0 Å². The molecule has 0 aliphatic carbocycles. The Hall–Kier alpha value is -0.290. The maximum Gasteiger partial charge on any atom is 0.139 e. The van der Waals surface area contributed by atoms with E-state index in [-0.39, 0.29) is 6.10 Å². The fourth-order valence-corrected chi connectivity index (χ4v) is 2.25. The van der Waals surface area contributed by atoms with Crippen LogP contribution in [-0.2, 0) is 0 Å². The van der Waals surface area contributed by atoms with Crippen LogP contribution in [0.15, 0.2) is 18.2 Å². The van der Waals surface area contributed by atoms with E-state index in [1.165, 1.54) is 0 Å². The van der Waals surface area contributed by atoms with Crippen LogP contribution in [0.4, 0.5) is 0 Å². The number of ether oxygens (including phenoxy) is 1. The number of aliphatic hydroxyl groups is 1. The Morgan fingerprint density at radius 3 is 2.92 bits per heavy atom. The second-order valence-electron chi connectivity index (χ2n) is 3.17. The van der Waals surface area contributed by atoms with Crippen LogP contribution in [0.5, 0.6) is 5.75 Å². The number of para-hydroxylation sites is 1. The first kappa shape index (κ1) is 9.27. The lowest BCUT2D eigenvalue weighted by Gasteiger charge is -2.10. The van der Waals surface area contributed by atoms with Crippen LogP contribution >= 0.6 is 22.6 Å². The van der Waals surface area contributed by atoms with Gasteiger partial charge in [0.25, 0.3) is 0 Å². The number of fused-ring (bicyclic) bond motifs is 1. The molecule has 0 spiro atoms. The van der Waals surface area contributed by atoms with Crippen molar-refractivity contribution in [2.75, 3.05) is 0 Å². The molecule has 1 aromatic rings. The average molecular weight is 290 g/mol. The third kappa shape index (κ3) is 1.44. The highest BCUT2D eigenvalue weighted by molar-refractivity contribution is 14.1. The highest BCUT2D eigenvalue weighted by Gasteiger charge is 2.32. The van der Waals surface area contributed by atoms with E-state index < -0.39 is 6.10 Å². The SMILES string of the molecule is CCC1Oc2c(I)cccc2C1O. The van der Waals surface area contributed by atoms with Gasteiger partial charge in [0.1, 0.15) is 18.0 Å². The molecular formula is C10H11IO2. The van der Waals surface area contributed by atoms with Gasteiger partial charge >= 0.3 is 0 Å². The molecule has 0 radical (unpaired) electrons. The van der Waals surface area contributed by atoms with E-state index >= 15 is 0 Å². The molecule has 0 saturated heterocycles. The largest absolute Gasteiger partial charge is 0.486 e. The van der Waals surface area contributed by atoms with Crippen LogP contribution in [0.25, 0.3) is 0 Å². The second kappa shape index (κ2) is 3.46. The normalized spacial score (nSPS) is 25.5. The molecule has 0 amide bonds. The number of aliphatic hydroxyl groups excluding tert-OH is 1. The number of hydrogen-bond acceptors (Lipinski definition) is 2. The first-order chi connectivity index (χ1) is 6.24. The zero-order chi connectivity index (χ0) is 9.42. The van der Waals surface area contributed by atoms with E-state index in [1.807, 2.05) is 25.1 Å². The first-order valence-corrected chi connectivity index (χ1v) is 5.45. The lowest BCUT2D eigenvalue weighted by Crippen LogP contribution is -2.16. The van der Waals surface area contributed by atoms with Crippen molar-refractivity contribution in [3.8, 4) is 5.75 Å². The molecule has 13 heavy (non-hydrogen) atoms. The lowest BCUT2D eigenvalue weighted by molar-refractivity contribution is 0.0650. The van der Waals surface area contributed by atoms with Gasteiger partial charge in [0, 0.05) is 5.56 Å². The minimum atomic E-state index is -0.449. The molecule has 1 aromatic carbocycles. The van der Waals surface area contributed by atoms with Crippen molar-refractivity contribution in [1.29, 1.82) is 0 Å². The summed E-state index contributed by atoms with van der Waals surface area (Å²) in [7, 11) is 0. The Kier molecular flexibility index (Phi) is 2.47. The standard InChI is InChI=1S/C10H11IO2/c1-2-8-9(12)6-4-3-5-7(11)10(6)13-8/h3-5,8-9,12H,2H2,1H3. The third-order valence-corrected chi connectivity index (χ3v) is 3.19. The van der Waals surface area contributed by atoms with Crippen LogP contribution in [0.2, 0.25) is 0 Å². The molecule has 0 saturated carbocycles. The van der Waals surface area contributed by atoms with Gasteiger partial charge in [0.15, 0.2) is 0 Å². The molecule has 70 valence electrons. The van der Waals surface area contributed by atoms with Crippen molar-refractivity contribution in [3.05, 3.63) is 27.3 Å². The van der Waals surface area contributed by atoms with E-state index in [4.69, 9.17) is 4.74 Å². The summed E-state index contributed by atoms with van der Waals surface area (Å²) in [6, 6.07) is 5.87. The molecule has 0 fully saturated rings. The van der Waals surface area contributed by atoms with Gasteiger partial charge < -0.3 is 9.84 Å². The maximum absolute atomic E-state index is 9.84. The Morgan fingerprint density at radius 2 is 2.31 bits per heavy atom. The van der Waals surface area contributed by atoms with Gasteiger partial charge in [-0.25, -0.2) is 0 Å². The highest BCUT2D eigenvalue weighted by atomic mass is 127. The summed E-state index contributed by atoms with van der Waals surface area (Å²) in [5, 5.41) is 9.84. The van der Waals surface area contributed by atoms with Crippen molar-refractivity contribution in [2.45, 2.75) is 25.6 Å². The summed E-state index contributed by atoms with van der Waals surface area (Å²) < 4.78 is 6.72. The first-order valence-electron chi connectivity index (χ1n) is 4.37. The molecule has 1 aliphatic rings. The molecule has 2 unspecified atom stereocenters. The maximum atomic E-state index is 9.84. The molecule has 2 rings (SSSR count). The van der Waals surface area contributed by atoms with Crippen molar-refractivity contribution in [1.82, 2.24) is 0 Å². The summed E-state index contributed by atoms with van der Waals surface area (Å²) in [6.45, 7) is 2.02. The molecule has 0 aromatic heterocycles. The van der Waals surface area contributed by atoms with Crippen LogP contribution in [0.3, 0.4) is 0 Å². The summed E-state index contributed by atoms with van der Waals surface area (Å²) in [5.74, 6) is 0.863. The molecule has 2 nitrogen and oxygen atoms in total. The van der Waals surface area contributed by atoms with E-state index in [9.17, 15) is 5.11 Å². The number of halogens is 1. The van der Waals surface area contributed by atoms with Crippen molar-refractivity contribution in [3.63, 3.8) is 0 Å². The number of rotatable bonds is 1. The Labute approximate surface area is 91.1 Å². The van der Waals surface area contributed by atoms with Crippen LogP contribution in [0.1, 0.15) is 25.0 Å². The van der Waals surface area contributed by atoms with Gasteiger partial charge in [0.05, 0.1) is 3.57 Å². The quantitative estimate of drug-likeness (QED) is 0.805. The van der Waals surface area contributed by atoms with Crippen molar-refractivity contribution >= 4 is 22.6 Å². The van der Waals surface area contributed by atoms with E-state index in [0.717, 1.165) is 21.3 Å². The zero-order valence-corrected chi connectivity index (χ0v) is 9.48. The fourth-order valence-electron chi connectivity index (χ4n) is 1.61. The minimum absolute atomic E-state index is 0.0640. The average Bonchev–Trinajstić information content (AvgIpc) is 2.45. The monoisotopic (exact) mass is 290 g/mol. The molecule has 0 bridgehead atoms. The Bertz CT molecular complexity index is 325. The molecule has 2 atom stereocenters. The molecule has 1 N–H and O–H groups in total. The summed E-state index contributed by atoms with van der Waals surface area (Å²) in [4.78, 5) is 0. The van der Waals surface area contributed by atoms with Gasteiger partial charge in [-0.15, -0.1) is 0 Å². The zero-order valence-electron chi connectivity index (χ0n) is 7.33. The predicted molar refractivity (Wildman–Crippen MR) is 58.8 cm³/mol. The molecule has 3 heteroatoms. The van der Waals surface area contributed by atoms with Crippen LogP contribution in [-0.4, -0.2) is 11.2 Å². The fraction of sp³-hybridized carbons (Fsp3) is 0.400.